The van der Waals surface area contributed by atoms with E-state index in [2.05, 4.69) is 73.0 Å². The Balaban J connectivity index is 0.000000352. The highest BCUT2D eigenvalue weighted by Gasteiger charge is 2.21. The molecule has 138 valence electrons. The van der Waals surface area contributed by atoms with Crippen molar-refractivity contribution in [2.45, 2.75) is 35.7 Å². The molecule has 0 bridgehead atoms. The highest BCUT2D eigenvalue weighted by atomic mass is 32.2. The number of carbonyl (C=O) groups is 2. The minimum Gasteiger partial charge on any atom is -0.473 e. The lowest BCUT2D eigenvalue weighted by Gasteiger charge is -2.22. The molecule has 0 amide bonds. The molecule has 2 aromatic rings. The van der Waals surface area contributed by atoms with Gasteiger partial charge in [-0.2, -0.15) is 0 Å². The third-order valence-electron chi connectivity index (χ3n) is 3.64. The van der Waals surface area contributed by atoms with Crippen LogP contribution in [0.3, 0.4) is 0 Å². The van der Waals surface area contributed by atoms with Crippen molar-refractivity contribution in [1.82, 2.24) is 5.32 Å². The molecular weight excluding hydrogens is 352 g/mol. The Morgan fingerprint density at radius 2 is 1.62 bits per heavy atom. The zero-order valence-corrected chi connectivity index (χ0v) is 15.4. The van der Waals surface area contributed by atoms with Gasteiger partial charge in [-0.1, -0.05) is 55.9 Å². The molecule has 0 radical (unpaired) electrons. The first kappa shape index (κ1) is 19.8. The van der Waals surface area contributed by atoms with Crippen LogP contribution in [-0.4, -0.2) is 34.7 Å². The van der Waals surface area contributed by atoms with Crippen LogP contribution in [0.5, 0.6) is 0 Å². The third-order valence-corrected chi connectivity index (χ3v) is 4.81. The maximum Gasteiger partial charge on any atom is 0.414 e. The van der Waals surface area contributed by atoms with E-state index in [-0.39, 0.29) is 0 Å². The smallest absolute Gasteiger partial charge is 0.414 e. The number of para-hydroxylation sites is 1. The summed E-state index contributed by atoms with van der Waals surface area (Å²) in [6.07, 6.45) is 0. The maximum absolute atomic E-state index is 9.10. The van der Waals surface area contributed by atoms with Crippen molar-refractivity contribution < 1.29 is 19.8 Å². The molecule has 3 rings (SSSR count). The van der Waals surface area contributed by atoms with E-state index < -0.39 is 11.9 Å². The highest BCUT2D eigenvalue weighted by Crippen LogP contribution is 2.41. The minimum atomic E-state index is -1.82. The average molecular weight is 374 g/mol. The predicted molar refractivity (Wildman–Crippen MR) is 102 cm³/mol. The summed E-state index contributed by atoms with van der Waals surface area (Å²) in [4.78, 5) is 20.8. The number of carboxylic acid groups (broad SMARTS) is 2. The lowest BCUT2D eigenvalue weighted by Crippen LogP contribution is -2.31. The van der Waals surface area contributed by atoms with Gasteiger partial charge in [0.25, 0.3) is 0 Å². The first-order chi connectivity index (χ1) is 12.4. The fourth-order valence-corrected chi connectivity index (χ4v) is 3.53. The van der Waals surface area contributed by atoms with Crippen molar-refractivity contribution >= 4 is 29.4 Å². The Hall–Kier alpha value is -2.51. The Morgan fingerprint density at radius 1 is 1.04 bits per heavy atom. The number of nitrogens with one attached hydrogen (secondary N) is 2. The molecule has 1 aliphatic rings. The summed E-state index contributed by atoms with van der Waals surface area (Å²) < 4.78 is 0. The fraction of sp³-hybridized carbons (Fsp3) is 0.263. The quantitative estimate of drug-likeness (QED) is 0.611. The molecule has 0 aliphatic carbocycles. The predicted octanol–water partition coefficient (Wildman–Crippen LogP) is 3.46. The maximum atomic E-state index is 9.10. The van der Waals surface area contributed by atoms with Gasteiger partial charge in [0.15, 0.2) is 0 Å². The van der Waals surface area contributed by atoms with Gasteiger partial charge >= 0.3 is 11.9 Å². The van der Waals surface area contributed by atoms with Crippen LogP contribution >= 0.6 is 11.8 Å². The van der Waals surface area contributed by atoms with E-state index in [1.54, 1.807) is 0 Å². The number of aliphatic carboxylic acids is 2. The fourth-order valence-electron chi connectivity index (χ4n) is 2.43. The van der Waals surface area contributed by atoms with Gasteiger partial charge in [0.05, 0.1) is 6.04 Å². The lowest BCUT2D eigenvalue weighted by atomic mass is 10.1. The topological polar surface area (TPSA) is 98.7 Å². The number of fused-ring (bicyclic) bond motifs is 2. The molecule has 26 heavy (non-hydrogen) atoms. The van der Waals surface area contributed by atoms with E-state index in [1.165, 1.54) is 21.0 Å². The van der Waals surface area contributed by atoms with Crippen LogP contribution in [0.4, 0.5) is 5.69 Å². The van der Waals surface area contributed by atoms with Crippen molar-refractivity contribution in [3.05, 3.63) is 54.1 Å². The normalized spacial score (nSPS) is 14.8. The van der Waals surface area contributed by atoms with Crippen LogP contribution in [0.1, 0.15) is 25.5 Å². The molecule has 0 aromatic heterocycles. The summed E-state index contributed by atoms with van der Waals surface area (Å²) >= 11 is 1.85. The Labute approximate surface area is 156 Å². The zero-order chi connectivity index (χ0) is 19.1. The van der Waals surface area contributed by atoms with E-state index in [1.807, 2.05) is 11.8 Å². The summed E-state index contributed by atoms with van der Waals surface area (Å²) in [6, 6.07) is 18.0. The first-order valence-electron chi connectivity index (χ1n) is 8.20. The van der Waals surface area contributed by atoms with Crippen LogP contribution in [0.2, 0.25) is 0 Å². The van der Waals surface area contributed by atoms with Crippen molar-refractivity contribution in [3.8, 4) is 0 Å². The SMILES string of the molecule is CC(C)NCC1Nc2ccccc2Sc2ccccc21.O=C(O)C(=O)O. The molecule has 4 N–H and O–H groups in total. The van der Waals surface area contributed by atoms with Crippen molar-refractivity contribution in [1.29, 1.82) is 0 Å². The number of rotatable bonds is 3. The largest absolute Gasteiger partial charge is 0.473 e. The van der Waals surface area contributed by atoms with Crippen LogP contribution in [-0.2, 0) is 9.59 Å². The number of benzene rings is 2. The van der Waals surface area contributed by atoms with Gasteiger partial charge < -0.3 is 20.8 Å². The molecule has 0 fully saturated rings. The summed E-state index contributed by atoms with van der Waals surface area (Å²) in [5, 5.41) is 22.0. The van der Waals surface area contributed by atoms with Crippen LogP contribution in [0.25, 0.3) is 0 Å². The molecule has 6 nitrogen and oxygen atoms in total. The Kier molecular flexibility index (Phi) is 7.06. The third kappa shape index (κ3) is 5.50. The van der Waals surface area contributed by atoms with Gasteiger partial charge in [0, 0.05) is 28.1 Å². The summed E-state index contributed by atoms with van der Waals surface area (Å²) in [7, 11) is 0. The molecule has 1 aliphatic heterocycles. The lowest BCUT2D eigenvalue weighted by molar-refractivity contribution is -0.159. The Bertz CT molecular complexity index is 768. The molecule has 1 atom stereocenters. The number of anilines is 1. The zero-order valence-electron chi connectivity index (χ0n) is 14.6. The van der Waals surface area contributed by atoms with Gasteiger partial charge in [-0.25, -0.2) is 9.59 Å². The van der Waals surface area contributed by atoms with Gasteiger partial charge in [0.2, 0.25) is 0 Å². The van der Waals surface area contributed by atoms with E-state index in [0.29, 0.717) is 12.1 Å². The van der Waals surface area contributed by atoms with Crippen molar-refractivity contribution in [2.75, 3.05) is 11.9 Å². The number of hydrogen-bond donors (Lipinski definition) is 4. The molecule has 1 unspecified atom stereocenters. The monoisotopic (exact) mass is 374 g/mol. The number of hydrogen-bond acceptors (Lipinski definition) is 5. The molecule has 0 saturated carbocycles. The van der Waals surface area contributed by atoms with Crippen molar-refractivity contribution in [2.24, 2.45) is 0 Å². The standard InChI is InChI=1S/C17H20N2S.C2H2O4/c1-12(2)18-11-15-13-7-3-5-9-16(13)20-17-10-6-4-8-14(17)19-15;3-1(4)2(5)6/h3-10,12,15,18-19H,11H2,1-2H3;(H,3,4)(H,5,6). The van der Waals surface area contributed by atoms with Crippen molar-refractivity contribution in [3.63, 3.8) is 0 Å². The minimum absolute atomic E-state index is 0.310. The van der Waals surface area contributed by atoms with E-state index in [4.69, 9.17) is 19.8 Å². The van der Waals surface area contributed by atoms with Crippen LogP contribution < -0.4 is 10.6 Å². The van der Waals surface area contributed by atoms with Crippen LogP contribution in [0, 0.1) is 0 Å². The molecule has 0 spiro atoms. The average Bonchev–Trinajstić information content (AvgIpc) is 2.76. The molecule has 7 heteroatoms. The van der Waals surface area contributed by atoms with Gasteiger partial charge in [-0.05, 0) is 23.8 Å². The Morgan fingerprint density at radius 3 is 2.23 bits per heavy atom. The first-order valence-corrected chi connectivity index (χ1v) is 9.02. The van der Waals surface area contributed by atoms with Gasteiger partial charge in [-0.3, -0.25) is 0 Å². The van der Waals surface area contributed by atoms with E-state index >= 15 is 0 Å². The van der Waals surface area contributed by atoms with Gasteiger partial charge in [0.1, 0.15) is 0 Å². The van der Waals surface area contributed by atoms with Gasteiger partial charge in [-0.15, -0.1) is 0 Å². The van der Waals surface area contributed by atoms with E-state index in [9.17, 15) is 0 Å². The van der Waals surface area contributed by atoms with E-state index in [0.717, 1.165) is 6.54 Å². The molecule has 1 heterocycles. The molecular formula is C19H22N2O4S. The summed E-state index contributed by atoms with van der Waals surface area (Å²) in [5.74, 6) is -3.65. The second-order valence-corrected chi connectivity index (χ2v) is 7.09. The molecule has 2 aromatic carbocycles. The number of carboxylic acids is 2. The molecule has 0 saturated heterocycles. The second kappa shape index (κ2) is 9.26. The van der Waals surface area contributed by atoms with Crippen LogP contribution in [0.15, 0.2) is 58.3 Å². The highest BCUT2D eigenvalue weighted by molar-refractivity contribution is 7.99. The summed E-state index contributed by atoms with van der Waals surface area (Å²) in [6.45, 7) is 5.31. The summed E-state index contributed by atoms with van der Waals surface area (Å²) in [5.41, 5.74) is 2.60. The second-order valence-electron chi connectivity index (χ2n) is 6.01.